The van der Waals surface area contributed by atoms with Gasteiger partial charge in [-0.25, -0.2) is 9.37 Å². The summed E-state index contributed by atoms with van der Waals surface area (Å²) in [4.78, 5) is 6.94. The molecule has 130 valence electrons. The fraction of sp³-hybridized carbons (Fsp3) is 0.350. The Hall–Kier alpha value is -2.40. The highest BCUT2D eigenvalue weighted by Gasteiger charge is 2.14. The molecule has 1 aliphatic heterocycles. The Morgan fingerprint density at radius 3 is 2.76 bits per heavy atom. The van der Waals surface area contributed by atoms with Crippen LogP contribution in [0, 0.1) is 5.82 Å². The lowest BCUT2D eigenvalue weighted by molar-refractivity contribution is 0.286. The summed E-state index contributed by atoms with van der Waals surface area (Å²) in [5, 5.41) is 0. The molecule has 1 aromatic carbocycles. The molecule has 0 atom stereocenters. The van der Waals surface area contributed by atoms with Crippen molar-refractivity contribution in [3.05, 3.63) is 65.7 Å². The molecule has 0 bridgehead atoms. The first-order valence-corrected chi connectivity index (χ1v) is 8.75. The van der Waals surface area contributed by atoms with Crippen molar-refractivity contribution < 1.29 is 8.81 Å². The van der Waals surface area contributed by atoms with Crippen LogP contribution in [0.5, 0.6) is 0 Å². The molecule has 0 amide bonds. The van der Waals surface area contributed by atoms with Gasteiger partial charge in [0.2, 0.25) is 0 Å². The number of imidazole rings is 1. The minimum absolute atomic E-state index is 0.238. The van der Waals surface area contributed by atoms with E-state index in [0.717, 1.165) is 42.3 Å². The summed E-state index contributed by atoms with van der Waals surface area (Å²) in [7, 11) is 2.07. The molecule has 0 fully saturated rings. The number of rotatable bonds is 5. The van der Waals surface area contributed by atoms with Gasteiger partial charge >= 0.3 is 0 Å². The molecule has 0 aliphatic carbocycles. The van der Waals surface area contributed by atoms with Crippen LogP contribution < -0.4 is 0 Å². The number of aryl methyl sites for hydroxylation is 2. The molecule has 0 radical (unpaired) electrons. The number of furan rings is 1. The van der Waals surface area contributed by atoms with Crippen molar-refractivity contribution in [2.75, 3.05) is 7.05 Å². The highest BCUT2D eigenvalue weighted by molar-refractivity contribution is 5.57. The lowest BCUT2D eigenvalue weighted by Gasteiger charge is -2.13. The third-order valence-electron chi connectivity index (χ3n) is 4.61. The summed E-state index contributed by atoms with van der Waals surface area (Å²) in [5.74, 6) is 2.64. The predicted molar refractivity (Wildman–Crippen MR) is 94.4 cm³/mol. The van der Waals surface area contributed by atoms with Crippen LogP contribution in [-0.4, -0.2) is 21.5 Å². The minimum atomic E-state index is -0.238. The Balaban J connectivity index is 1.40. The molecule has 0 unspecified atom stereocenters. The number of hydrogen-bond acceptors (Lipinski definition) is 3. The third-order valence-corrected chi connectivity index (χ3v) is 4.61. The summed E-state index contributed by atoms with van der Waals surface area (Å²) >= 11 is 0. The molecule has 0 saturated heterocycles. The predicted octanol–water partition coefficient (Wildman–Crippen LogP) is 4.25. The number of aromatic nitrogens is 2. The van der Waals surface area contributed by atoms with Gasteiger partial charge in [0.15, 0.2) is 0 Å². The molecule has 0 N–H and O–H groups in total. The Labute approximate surface area is 146 Å². The summed E-state index contributed by atoms with van der Waals surface area (Å²) in [6.07, 6.45) is 5.75. The van der Waals surface area contributed by atoms with Gasteiger partial charge < -0.3 is 8.98 Å². The minimum Gasteiger partial charge on any atom is -0.460 e. The van der Waals surface area contributed by atoms with Crippen molar-refractivity contribution in [1.29, 1.82) is 0 Å². The average molecular weight is 339 g/mol. The monoisotopic (exact) mass is 339 g/mol. The van der Waals surface area contributed by atoms with E-state index in [-0.39, 0.29) is 5.82 Å². The van der Waals surface area contributed by atoms with E-state index in [9.17, 15) is 4.39 Å². The molecule has 4 nitrogen and oxygen atoms in total. The standard InChI is InChI=1S/C20H22FN3O/c1-23(12-17-13-24-11-3-2-4-20(24)22-17)14-18-9-10-19(25-18)15-5-7-16(21)8-6-15/h5-10,13H,2-4,11-12,14H2,1H3. The average Bonchev–Trinajstić information content (AvgIpc) is 3.21. The Morgan fingerprint density at radius 2 is 1.96 bits per heavy atom. The zero-order valence-corrected chi connectivity index (χ0v) is 14.4. The van der Waals surface area contributed by atoms with Crippen LogP contribution in [0.1, 0.15) is 30.1 Å². The fourth-order valence-corrected chi connectivity index (χ4v) is 3.38. The van der Waals surface area contributed by atoms with E-state index >= 15 is 0 Å². The second-order valence-corrected chi connectivity index (χ2v) is 6.74. The van der Waals surface area contributed by atoms with E-state index in [0.29, 0.717) is 6.54 Å². The summed E-state index contributed by atoms with van der Waals surface area (Å²) in [6.45, 7) is 2.60. The van der Waals surface area contributed by atoms with E-state index in [2.05, 4.69) is 22.7 Å². The lowest BCUT2D eigenvalue weighted by atomic mass is 10.2. The molecular weight excluding hydrogens is 317 g/mol. The molecular formula is C20H22FN3O. The second kappa shape index (κ2) is 6.84. The maximum absolute atomic E-state index is 13.0. The Morgan fingerprint density at radius 1 is 1.12 bits per heavy atom. The molecule has 3 aromatic rings. The van der Waals surface area contributed by atoms with Crippen LogP contribution in [0.4, 0.5) is 4.39 Å². The van der Waals surface area contributed by atoms with Gasteiger partial charge in [0, 0.05) is 31.3 Å². The number of halogens is 1. The first kappa shape index (κ1) is 16.1. The second-order valence-electron chi connectivity index (χ2n) is 6.74. The highest BCUT2D eigenvalue weighted by Crippen LogP contribution is 2.23. The highest BCUT2D eigenvalue weighted by atomic mass is 19.1. The lowest BCUT2D eigenvalue weighted by Crippen LogP contribution is -2.17. The molecule has 25 heavy (non-hydrogen) atoms. The molecule has 5 heteroatoms. The van der Waals surface area contributed by atoms with Crippen LogP contribution in [-0.2, 0) is 26.1 Å². The van der Waals surface area contributed by atoms with Crippen molar-refractivity contribution in [3.8, 4) is 11.3 Å². The van der Waals surface area contributed by atoms with E-state index in [4.69, 9.17) is 9.40 Å². The fourth-order valence-electron chi connectivity index (χ4n) is 3.38. The summed E-state index contributed by atoms with van der Waals surface area (Å²) in [5.41, 5.74) is 2.00. The van der Waals surface area contributed by atoms with Crippen molar-refractivity contribution in [2.24, 2.45) is 0 Å². The Bertz CT molecular complexity index is 827. The molecule has 2 aromatic heterocycles. The Kier molecular flexibility index (Phi) is 4.40. The summed E-state index contributed by atoms with van der Waals surface area (Å²) < 4.78 is 21.2. The van der Waals surface area contributed by atoms with E-state index < -0.39 is 0 Å². The van der Waals surface area contributed by atoms with Crippen LogP contribution in [0.15, 0.2) is 47.0 Å². The maximum Gasteiger partial charge on any atom is 0.134 e. The van der Waals surface area contributed by atoms with Gasteiger partial charge in [0.1, 0.15) is 23.2 Å². The van der Waals surface area contributed by atoms with Crippen molar-refractivity contribution in [1.82, 2.24) is 14.5 Å². The van der Waals surface area contributed by atoms with Crippen LogP contribution in [0.3, 0.4) is 0 Å². The van der Waals surface area contributed by atoms with Crippen LogP contribution in [0.2, 0.25) is 0 Å². The normalized spacial score (nSPS) is 14.0. The van der Waals surface area contributed by atoms with E-state index in [1.165, 1.54) is 30.8 Å². The van der Waals surface area contributed by atoms with Gasteiger partial charge in [0.05, 0.1) is 12.2 Å². The number of nitrogens with zero attached hydrogens (tertiary/aromatic N) is 3. The van der Waals surface area contributed by atoms with Gasteiger partial charge in [-0.2, -0.15) is 0 Å². The molecule has 1 aliphatic rings. The topological polar surface area (TPSA) is 34.2 Å². The van der Waals surface area contributed by atoms with Crippen molar-refractivity contribution in [3.63, 3.8) is 0 Å². The van der Waals surface area contributed by atoms with E-state index in [1.807, 2.05) is 12.1 Å². The number of fused-ring (bicyclic) bond motifs is 1. The van der Waals surface area contributed by atoms with Gasteiger partial charge in [-0.1, -0.05) is 0 Å². The molecule has 0 spiro atoms. The third kappa shape index (κ3) is 3.66. The first-order valence-electron chi connectivity index (χ1n) is 8.75. The van der Waals surface area contributed by atoms with Crippen molar-refractivity contribution in [2.45, 2.75) is 38.9 Å². The summed E-state index contributed by atoms with van der Waals surface area (Å²) in [6, 6.07) is 10.3. The zero-order chi connectivity index (χ0) is 17.2. The van der Waals surface area contributed by atoms with Gasteiger partial charge in [0.25, 0.3) is 0 Å². The zero-order valence-electron chi connectivity index (χ0n) is 14.4. The molecule has 4 rings (SSSR count). The number of hydrogen-bond donors (Lipinski definition) is 0. The quantitative estimate of drug-likeness (QED) is 0.697. The number of benzene rings is 1. The largest absolute Gasteiger partial charge is 0.460 e. The maximum atomic E-state index is 13.0. The van der Waals surface area contributed by atoms with Gasteiger partial charge in [-0.05, 0) is 56.3 Å². The van der Waals surface area contributed by atoms with Gasteiger partial charge in [-0.15, -0.1) is 0 Å². The van der Waals surface area contributed by atoms with Gasteiger partial charge in [-0.3, -0.25) is 4.90 Å². The molecule has 3 heterocycles. The molecule has 0 saturated carbocycles. The smallest absolute Gasteiger partial charge is 0.134 e. The SMILES string of the molecule is CN(Cc1cn2c(n1)CCCC2)Cc1ccc(-c2ccc(F)cc2)o1. The van der Waals surface area contributed by atoms with Crippen LogP contribution in [0.25, 0.3) is 11.3 Å². The van der Waals surface area contributed by atoms with Crippen molar-refractivity contribution >= 4 is 0 Å². The first-order chi connectivity index (χ1) is 12.2. The van der Waals surface area contributed by atoms with E-state index in [1.54, 1.807) is 12.1 Å². The van der Waals surface area contributed by atoms with Crippen LogP contribution >= 0.6 is 0 Å².